The molecule has 2 aromatic rings. The quantitative estimate of drug-likeness (QED) is 0.431. The number of amides is 3. The molecule has 3 amide bonds. The number of benzene rings is 2. The Morgan fingerprint density at radius 1 is 1.13 bits per heavy atom. The maximum atomic E-state index is 14.1. The van der Waals surface area contributed by atoms with Crippen molar-refractivity contribution in [3.8, 4) is 5.75 Å². The van der Waals surface area contributed by atoms with E-state index in [1.165, 1.54) is 4.90 Å². The molecule has 2 bridgehead atoms. The number of carbonyl (C=O) groups excluding carboxylic acids is 3. The van der Waals surface area contributed by atoms with Crippen LogP contribution in [0.2, 0.25) is 0 Å². The van der Waals surface area contributed by atoms with Crippen molar-refractivity contribution in [3.63, 3.8) is 0 Å². The molecular formula is C30H37N3O6. The highest BCUT2D eigenvalue weighted by Crippen LogP contribution is 2.59. The van der Waals surface area contributed by atoms with Crippen molar-refractivity contribution >= 4 is 23.4 Å². The van der Waals surface area contributed by atoms with E-state index >= 15 is 0 Å². The Bertz CT molecular complexity index is 1200. The molecule has 9 heteroatoms. The van der Waals surface area contributed by atoms with Gasteiger partial charge in [-0.15, -0.1) is 0 Å². The molecule has 5 rings (SSSR count). The zero-order valence-electron chi connectivity index (χ0n) is 22.6. The molecule has 0 aromatic heterocycles. The van der Waals surface area contributed by atoms with Gasteiger partial charge in [-0.1, -0.05) is 44.2 Å². The van der Waals surface area contributed by atoms with Crippen molar-refractivity contribution in [2.45, 2.75) is 63.9 Å². The summed E-state index contributed by atoms with van der Waals surface area (Å²) in [4.78, 5) is 43.1. The van der Waals surface area contributed by atoms with E-state index in [0.29, 0.717) is 37.4 Å². The van der Waals surface area contributed by atoms with Crippen molar-refractivity contribution < 1.29 is 29.0 Å². The maximum Gasteiger partial charge on any atom is 0.246 e. The lowest BCUT2D eigenvalue weighted by atomic mass is 9.70. The highest BCUT2D eigenvalue weighted by molar-refractivity contribution is 6.02. The number of fused-ring (bicyclic) bond motifs is 1. The van der Waals surface area contributed by atoms with E-state index in [2.05, 4.69) is 10.6 Å². The second-order valence-electron chi connectivity index (χ2n) is 10.9. The number of aliphatic hydroxyl groups excluding tert-OH is 1. The van der Waals surface area contributed by atoms with E-state index in [1.54, 1.807) is 24.3 Å². The van der Waals surface area contributed by atoms with E-state index in [1.807, 2.05) is 51.1 Å². The number of hydrogen-bond donors (Lipinski definition) is 3. The summed E-state index contributed by atoms with van der Waals surface area (Å²) < 4.78 is 12.0. The van der Waals surface area contributed by atoms with Gasteiger partial charge in [0, 0.05) is 12.2 Å². The summed E-state index contributed by atoms with van der Waals surface area (Å²) in [6.07, 6.45) is 0.615. The van der Waals surface area contributed by atoms with E-state index in [9.17, 15) is 19.5 Å². The lowest BCUT2D eigenvalue weighted by Crippen LogP contribution is -2.58. The lowest BCUT2D eigenvalue weighted by Gasteiger charge is -2.38. The molecule has 2 aromatic carbocycles. The molecule has 0 saturated carbocycles. The SMILES string of the molecule is CCOc1ccc(NC(=O)[C@@H]2[C@H]3C(=O)N([C@@H](CO)C(C)C)C(C(=O)NCc4ccccc4)C34CC[C@H]2O4)cc1. The number of anilines is 1. The van der Waals surface area contributed by atoms with Gasteiger partial charge in [0.15, 0.2) is 0 Å². The summed E-state index contributed by atoms with van der Waals surface area (Å²) in [6, 6.07) is 15.1. The molecule has 6 atom stereocenters. The molecule has 3 aliphatic rings. The van der Waals surface area contributed by atoms with Crippen LogP contribution in [0.1, 0.15) is 39.2 Å². The molecule has 3 saturated heterocycles. The molecule has 3 fully saturated rings. The van der Waals surface area contributed by atoms with Crippen LogP contribution in [0.25, 0.3) is 0 Å². The van der Waals surface area contributed by atoms with Crippen LogP contribution in [-0.2, 0) is 25.7 Å². The molecule has 3 aliphatic heterocycles. The zero-order chi connectivity index (χ0) is 27.7. The van der Waals surface area contributed by atoms with Gasteiger partial charge in [0.2, 0.25) is 17.7 Å². The lowest BCUT2D eigenvalue weighted by molar-refractivity contribution is -0.146. The van der Waals surface area contributed by atoms with Crippen LogP contribution in [-0.4, -0.2) is 64.7 Å². The van der Waals surface area contributed by atoms with Crippen molar-refractivity contribution in [2.75, 3.05) is 18.5 Å². The van der Waals surface area contributed by atoms with E-state index in [-0.39, 0.29) is 30.2 Å². The van der Waals surface area contributed by atoms with Gasteiger partial charge in [-0.3, -0.25) is 14.4 Å². The number of aliphatic hydroxyl groups is 1. The maximum absolute atomic E-state index is 14.1. The van der Waals surface area contributed by atoms with Crippen molar-refractivity contribution in [3.05, 3.63) is 60.2 Å². The summed E-state index contributed by atoms with van der Waals surface area (Å²) in [5.41, 5.74) is 0.406. The minimum atomic E-state index is -1.12. The molecular weight excluding hydrogens is 498 g/mol. The van der Waals surface area contributed by atoms with Gasteiger partial charge in [0.1, 0.15) is 17.4 Å². The largest absolute Gasteiger partial charge is 0.494 e. The fourth-order valence-electron chi connectivity index (χ4n) is 6.58. The Labute approximate surface area is 228 Å². The van der Waals surface area contributed by atoms with Gasteiger partial charge in [-0.05, 0) is 55.5 Å². The first kappa shape index (κ1) is 27.1. The van der Waals surface area contributed by atoms with Gasteiger partial charge in [0.05, 0.1) is 37.2 Å². The third kappa shape index (κ3) is 4.78. The average Bonchev–Trinajstić information content (AvgIpc) is 3.57. The van der Waals surface area contributed by atoms with Gasteiger partial charge in [-0.2, -0.15) is 0 Å². The molecule has 208 valence electrons. The van der Waals surface area contributed by atoms with Crippen LogP contribution in [0.5, 0.6) is 5.75 Å². The summed E-state index contributed by atoms with van der Waals surface area (Å²) in [5, 5.41) is 16.2. The summed E-state index contributed by atoms with van der Waals surface area (Å²) in [5.74, 6) is -1.89. The Balaban J connectivity index is 1.43. The minimum Gasteiger partial charge on any atom is -0.494 e. The summed E-state index contributed by atoms with van der Waals surface area (Å²) >= 11 is 0. The molecule has 0 aliphatic carbocycles. The number of carbonyl (C=O) groups is 3. The van der Waals surface area contributed by atoms with Crippen molar-refractivity contribution in [2.24, 2.45) is 17.8 Å². The second kappa shape index (κ2) is 11.0. The molecule has 9 nitrogen and oxygen atoms in total. The van der Waals surface area contributed by atoms with Crippen LogP contribution in [0.4, 0.5) is 5.69 Å². The highest BCUT2D eigenvalue weighted by Gasteiger charge is 2.75. The van der Waals surface area contributed by atoms with Gasteiger partial charge < -0.3 is 30.1 Å². The first-order valence-corrected chi connectivity index (χ1v) is 13.8. The Hall–Kier alpha value is -3.43. The predicted molar refractivity (Wildman–Crippen MR) is 145 cm³/mol. The van der Waals surface area contributed by atoms with E-state index in [4.69, 9.17) is 9.47 Å². The first-order chi connectivity index (χ1) is 18.8. The topological polar surface area (TPSA) is 117 Å². The third-order valence-electron chi connectivity index (χ3n) is 8.35. The van der Waals surface area contributed by atoms with E-state index in [0.717, 1.165) is 5.56 Å². The second-order valence-corrected chi connectivity index (χ2v) is 10.9. The fraction of sp³-hybridized carbons (Fsp3) is 0.500. The summed E-state index contributed by atoms with van der Waals surface area (Å²) in [6.45, 7) is 6.27. The Morgan fingerprint density at radius 3 is 2.49 bits per heavy atom. The standard InChI is InChI=1S/C30H37N3O6/c1-4-38-21-12-10-20(11-13-21)32-27(35)24-23-14-15-30(39-23)25(24)29(37)33(22(17-34)18(2)3)26(30)28(36)31-16-19-8-6-5-7-9-19/h5-13,18,22-26,34H,4,14-17H2,1-3H3,(H,31,36)(H,32,35)/t22-,23+,24-,25-,26?,30?/m0/s1. The van der Waals surface area contributed by atoms with Gasteiger partial charge in [-0.25, -0.2) is 0 Å². The molecule has 1 spiro atoms. The highest BCUT2D eigenvalue weighted by atomic mass is 16.5. The van der Waals surface area contributed by atoms with Crippen molar-refractivity contribution in [1.29, 1.82) is 0 Å². The monoisotopic (exact) mass is 535 g/mol. The normalized spacial score (nSPS) is 27.9. The van der Waals surface area contributed by atoms with Crippen LogP contribution in [0.3, 0.4) is 0 Å². The van der Waals surface area contributed by atoms with Crippen LogP contribution < -0.4 is 15.4 Å². The average molecular weight is 536 g/mol. The zero-order valence-corrected chi connectivity index (χ0v) is 22.6. The molecule has 2 unspecified atom stereocenters. The van der Waals surface area contributed by atoms with Crippen LogP contribution >= 0.6 is 0 Å². The molecule has 39 heavy (non-hydrogen) atoms. The minimum absolute atomic E-state index is 0.105. The van der Waals surface area contributed by atoms with Crippen LogP contribution in [0.15, 0.2) is 54.6 Å². The van der Waals surface area contributed by atoms with Gasteiger partial charge in [0.25, 0.3) is 0 Å². The van der Waals surface area contributed by atoms with Crippen LogP contribution in [0, 0.1) is 17.8 Å². The third-order valence-corrected chi connectivity index (χ3v) is 8.35. The molecule has 3 heterocycles. The number of ether oxygens (including phenoxy) is 2. The number of nitrogens with zero attached hydrogens (tertiary/aromatic N) is 1. The fourth-order valence-corrected chi connectivity index (χ4v) is 6.58. The predicted octanol–water partition coefficient (Wildman–Crippen LogP) is 2.73. The van der Waals surface area contributed by atoms with Crippen molar-refractivity contribution in [1.82, 2.24) is 10.2 Å². The Kier molecular flexibility index (Phi) is 7.64. The molecule has 0 radical (unpaired) electrons. The number of hydrogen-bond acceptors (Lipinski definition) is 6. The Morgan fingerprint density at radius 2 is 1.85 bits per heavy atom. The first-order valence-electron chi connectivity index (χ1n) is 13.8. The van der Waals surface area contributed by atoms with E-state index < -0.39 is 35.6 Å². The van der Waals surface area contributed by atoms with Gasteiger partial charge >= 0.3 is 0 Å². The summed E-state index contributed by atoms with van der Waals surface area (Å²) in [7, 11) is 0. The number of nitrogens with one attached hydrogen (secondary N) is 2. The number of rotatable bonds is 10. The smallest absolute Gasteiger partial charge is 0.246 e. The number of likely N-dealkylation sites (tertiary alicyclic amines) is 1. The molecule has 3 N–H and O–H groups in total.